The number of halogens is 3. The molecule has 3 aromatic carbocycles. The van der Waals surface area contributed by atoms with E-state index in [0.29, 0.717) is 11.5 Å². The van der Waals surface area contributed by atoms with Crippen LogP contribution in [-0.2, 0) is 36.9 Å². The summed E-state index contributed by atoms with van der Waals surface area (Å²) in [6, 6.07) is 8.98. The summed E-state index contributed by atoms with van der Waals surface area (Å²) in [5, 5.41) is 8.80. The minimum Gasteiger partial charge on any atom is -0.508 e. The summed E-state index contributed by atoms with van der Waals surface area (Å²) in [5.41, 5.74) is 0.110. The van der Waals surface area contributed by atoms with E-state index < -0.39 is 35.4 Å². The maximum Gasteiger partial charge on any atom is 0.340 e. The quantitative estimate of drug-likeness (QED) is 0.344. The molecule has 0 saturated heterocycles. The Morgan fingerprint density at radius 2 is 1.07 bits per heavy atom. The van der Waals surface area contributed by atoms with E-state index in [4.69, 9.17) is 24.1 Å². The number of fused-ring (bicyclic) bond motifs is 2. The lowest BCUT2D eigenvalue weighted by Crippen LogP contribution is -2.15. The Balaban J connectivity index is 0.000000174. The van der Waals surface area contributed by atoms with Gasteiger partial charge in [-0.1, -0.05) is 0 Å². The Bertz CT molecular complexity index is 1380. The van der Waals surface area contributed by atoms with E-state index >= 15 is 0 Å². The average Bonchev–Trinajstić information content (AvgIpc) is 3.01. The Morgan fingerprint density at radius 1 is 0.667 bits per heavy atom. The van der Waals surface area contributed by atoms with Crippen LogP contribution in [0.15, 0.2) is 42.5 Å². The van der Waals surface area contributed by atoms with E-state index in [1.165, 1.54) is 44.6 Å². The van der Waals surface area contributed by atoms with Gasteiger partial charge in [-0.25, -0.2) is 27.6 Å². The van der Waals surface area contributed by atoms with Crippen LogP contribution in [0.2, 0.25) is 0 Å². The molecule has 3 aromatic rings. The van der Waals surface area contributed by atoms with Gasteiger partial charge in [0.2, 0.25) is 0 Å². The molecule has 0 unspecified atom stereocenters. The predicted octanol–water partition coefficient (Wildman–Crippen LogP) is 4.28. The number of benzene rings is 3. The number of carbonyl (C=O) groups excluding carboxylic acids is 3. The van der Waals surface area contributed by atoms with Crippen LogP contribution in [0.4, 0.5) is 13.2 Å². The molecule has 11 nitrogen and oxygen atoms in total. The molecule has 2 aliphatic rings. The van der Waals surface area contributed by atoms with Crippen molar-refractivity contribution in [2.45, 2.75) is 13.2 Å². The maximum atomic E-state index is 13.7. The molecule has 14 heteroatoms. The first kappa shape index (κ1) is 31.7. The SMILES string of the molecule is COC(=O)c1ccc(O)cc1F.COC(=O)c1ccc2c(c1F)COCO2.COC(=O)c1ccc2c(c1F)COCO2. The molecule has 0 aromatic heterocycles. The molecule has 0 fully saturated rings. The molecule has 0 bridgehead atoms. The molecule has 0 amide bonds. The molecule has 0 aliphatic carbocycles. The van der Waals surface area contributed by atoms with Gasteiger partial charge in [-0.2, -0.15) is 0 Å². The zero-order valence-corrected chi connectivity index (χ0v) is 22.5. The number of carbonyl (C=O) groups is 3. The molecule has 2 aliphatic heterocycles. The van der Waals surface area contributed by atoms with Crippen LogP contribution in [0.1, 0.15) is 42.2 Å². The van der Waals surface area contributed by atoms with Crippen molar-refractivity contribution in [1.29, 1.82) is 0 Å². The number of hydrogen-bond donors (Lipinski definition) is 1. The van der Waals surface area contributed by atoms with E-state index in [0.717, 1.165) is 19.2 Å². The fraction of sp³-hybridized carbons (Fsp3) is 0.250. The third-order valence-corrected chi connectivity index (χ3v) is 5.66. The third-order valence-electron chi connectivity index (χ3n) is 5.66. The van der Waals surface area contributed by atoms with Crippen molar-refractivity contribution in [3.05, 3.63) is 87.7 Å². The van der Waals surface area contributed by atoms with Crippen molar-refractivity contribution in [3.63, 3.8) is 0 Å². The zero-order valence-electron chi connectivity index (χ0n) is 22.5. The maximum absolute atomic E-state index is 13.7. The number of aromatic hydroxyl groups is 1. The molecule has 2 heterocycles. The number of hydrogen-bond acceptors (Lipinski definition) is 11. The van der Waals surface area contributed by atoms with Gasteiger partial charge in [0.1, 0.15) is 34.7 Å². The molecule has 5 rings (SSSR count). The summed E-state index contributed by atoms with van der Waals surface area (Å²) >= 11 is 0. The Morgan fingerprint density at radius 3 is 1.48 bits per heavy atom. The Hall–Kier alpha value is -4.82. The summed E-state index contributed by atoms with van der Waals surface area (Å²) in [6.07, 6.45) is 0. The molecule has 0 radical (unpaired) electrons. The molecule has 224 valence electrons. The minimum atomic E-state index is -0.790. The van der Waals surface area contributed by atoms with Gasteiger partial charge < -0.3 is 38.3 Å². The van der Waals surface area contributed by atoms with Crippen molar-refractivity contribution in [3.8, 4) is 17.2 Å². The fourth-order valence-electron chi connectivity index (χ4n) is 3.56. The first-order valence-corrected chi connectivity index (χ1v) is 11.9. The van der Waals surface area contributed by atoms with E-state index in [9.17, 15) is 27.6 Å². The van der Waals surface area contributed by atoms with Crippen molar-refractivity contribution in [2.24, 2.45) is 0 Å². The van der Waals surface area contributed by atoms with Crippen molar-refractivity contribution < 1.29 is 65.8 Å². The fourth-order valence-corrected chi connectivity index (χ4v) is 3.56. The van der Waals surface area contributed by atoms with Gasteiger partial charge in [0.25, 0.3) is 0 Å². The van der Waals surface area contributed by atoms with E-state index in [-0.39, 0.29) is 60.4 Å². The van der Waals surface area contributed by atoms with E-state index in [1.54, 1.807) is 0 Å². The summed E-state index contributed by atoms with van der Waals surface area (Å²) in [6.45, 7) is 0.409. The minimum absolute atomic E-state index is 0.101. The monoisotopic (exact) mass is 594 g/mol. The second-order valence-corrected chi connectivity index (χ2v) is 8.17. The van der Waals surface area contributed by atoms with Crippen molar-refractivity contribution in [2.75, 3.05) is 34.9 Å². The van der Waals surface area contributed by atoms with Gasteiger partial charge in [-0.15, -0.1) is 0 Å². The lowest BCUT2D eigenvalue weighted by molar-refractivity contribution is -0.0185. The first-order valence-electron chi connectivity index (χ1n) is 11.9. The molecular weight excluding hydrogens is 569 g/mol. The lowest BCUT2D eigenvalue weighted by atomic mass is 10.1. The van der Waals surface area contributed by atoms with Gasteiger partial charge in [0, 0.05) is 6.07 Å². The second kappa shape index (κ2) is 14.7. The van der Waals surface area contributed by atoms with Gasteiger partial charge in [-0.3, -0.25) is 0 Å². The highest BCUT2D eigenvalue weighted by molar-refractivity contribution is 5.91. The predicted molar refractivity (Wildman–Crippen MR) is 135 cm³/mol. The van der Waals surface area contributed by atoms with Crippen LogP contribution < -0.4 is 9.47 Å². The summed E-state index contributed by atoms with van der Waals surface area (Å²) in [7, 11) is 3.57. The van der Waals surface area contributed by atoms with Crippen molar-refractivity contribution >= 4 is 17.9 Å². The van der Waals surface area contributed by atoms with Gasteiger partial charge in [-0.05, 0) is 36.4 Å². The average molecular weight is 594 g/mol. The number of phenolic OH excluding ortho intramolecular Hbond substituents is 1. The smallest absolute Gasteiger partial charge is 0.340 e. The van der Waals surface area contributed by atoms with Crippen LogP contribution in [-0.4, -0.2) is 57.9 Å². The number of methoxy groups -OCH3 is 3. The molecule has 1 N–H and O–H groups in total. The van der Waals surface area contributed by atoms with Crippen LogP contribution >= 0.6 is 0 Å². The highest BCUT2D eigenvalue weighted by Gasteiger charge is 2.23. The van der Waals surface area contributed by atoms with Gasteiger partial charge in [0.15, 0.2) is 13.6 Å². The van der Waals surface area contributed by atoms with Crippen LogP contribution in [0.5, 0.6) is 17.2 Å². The molecular formula is C28H25F3O11. The summed E-state index contributed by atoms with van der Waals surface area (Å²) in [5.74, 6) is -3.65. The topological polar surface area (TPSA) is 136 Å². The van der Waals surface area contributed by atoms with Crippen LogP contribution in [0.3, 0.4) is 0 Å². The largest absolute Gasteiger partial charge is 0.508 e. The number of phenols is 1. The third kappa shape index (κ3) is 7.47. The molecule has 0 spiro atoms. The molecule has 0 atom stereocenters. The number of rotatable bonds is 3. The Kier molecular flexibility index (Phi) is 11.1. The summed E-state index contributed by atoms with van der Waals surface area (Å²) < 4.78 is 73.5. The first-order chi connectivity index (χ1) is 20.1. The van der Waals surface area contributed by atoms with Crippen molar-refractivity contribution in [1.82, 2.24) is 0 Å². The highest BCUT2D eigenvalue weighted by atomic mass is 19.1. The highest BCUT2D eigenvalue weighted by Crippen LogP contribution is 2.29. The standard InChI is InChI=1S/2C10H9FO4.C8H7FO3/c2*1-13-10(12)6-2-3-8-7(9(6)11)4-14-5-15-8;1-12-8(11)6-3-2-5(10)4-7(6)9/h2*2-3H,4-5H2,1H3;2-4,10H,1H3. The lowest BCUT2D eigenvalue weighted by Gasteiger charge is -2.18. The van der Waals surface area contributed by atoms with Gasteiger partial charge >= 0.3 is 17.9 Å². The van der Waals surface area contributed by atoms with E-state index in [1.807, 2.05) is 0 Å². The summed E-state index contributed by atoms with van der Waals surface area (Å²) in [4.78, 5) is 33.2. The molecule has 42 heavy (non-hydrogen) atoms. The zero-order chi connectivity index (χ0) is 30.8. The van der Waals surface area contributed by atoms with Crippen LogP contribution in [0, 0.1) is 17.5 Å². The van der Waals surface area contributed by atoms with Gasteiger partial charge in [0.05, 0.1) is 62.4 Å². The number of esters is 3. The normalized spacial score (nSPS) is 12.7. The van der Waals surface area contributed by atoms with Crippen LogP contribution in [0.25, 0.3) is 0 Å². The Labute approximate surface area is 237 Å². The van der Waals surface area contributed by atoms with E-state index in [2.05, 4.69) is 14.2 Å². The second-order valence-electron chi connectivity index (χ2n) is 8.17. The number of ether oxygens (including phenoxy) is 7. The molecule has 0 saturated carbocycles.